The highest BCUT2D eigenvalue weighted by molar-refractivity contribution is 6.32. The lowest BCUT2D eigenvalue weighted by molar-refractivity contribution is 0.630. The average molecular weight is 301 g/mol. The van der Waals surface area contributed by atoms with Crippen molar-refractivity contribution in [2.75, 3.05) is 0 Å². The molecule has 0 radical (unpaired) electrons. The number of aryl methyl sites for hydroxylation is 2. The third-order valence-electron chi connectivity index (χ3n) is 4.14. The maximum absolute atomic E-state index is 9.56. The summed E-state index contributed by atoms with van der Waals surface area (Å²) >= 11 is 0. The SMILES string of the molecule is CCc1ccc(CCC2=NC(C#N)(c3ccccc3)N=C2)cc1. The van der Waals surface area contributed by atoms with Crippen LogP contribution in [0.4, 0.5) is 0 Å². The van der Waals surface area contributed by atoms with Gasteiger partial charge in [-0.25, -0.2) is 9.98 Å². The van der Waals surface area contributed by atoms with E-state index in [2.05, 4.69) is 47.2 Å². The molecule has 0 spiro atoms. The van der Waals surface area contributed by atoms with Gasteiger partial charge < -0.3 is 0 Å². The van der Waals surface area contributed by atoms with Crippen LogP contribution < -0.4 is 0 Å². The first-order chi connectivity index (χ1) is 11.3. The van der Waals surface area contributed by atoms with E-state index in [1.165, 1.54) is 11.1 Å². The number of nitrogens with zero attached hydrogens (tertiary/aromatic N) is 3. The zero-order chi connectivity index (χ0) is 16.1. The summed E-state index contributed by atoms with van der Waals surface area (Å²) in [5.74, 6) is 0. The van der Waals surface area contributed by atoms with Crippen LogP contribution in [-0.4, -0.2) is 11.9 Å². The standard InChI is InChI=1S/C20H19N3/c1-2-16-8-10-17(11-9-16)12-13-19-14-22-20(15-21,23-19)18-6-4-3-5-7-18/h3-11,14H,2,12-13H2,1H3. The van der Waals surface area contributed by atoms with E-state index in [0.29, 0.717) is 0 Å². The lowest BCUT2D eigenvalue weighted by atomic mass is 10.0. The molecule has 0 amide bonds. The van der Waals surface area contributed by atoms with Crippen molar-refractivity contribution in [1.29, 1.82) is 5.26 Å². The first-order valence-electron chi connectivity index (χ1n) is 7.94. The van der Waals surface area contributed by atoms with Gasteiger partial charge in [-0.15, -0.1) is 0 Å². The van der Waals surface area contributed by atoms with Gasteiger partial charge in [-0.1, -0.05) is 61.5 Å². The summed E-state index contributed by atoms with van der Waals surface area (Å²) in [5, 5.41) is 9.56. The third kappa shape index (κ3) is 3.22. The largest absolute Gasteiger partial charge is 0.263 e. The maximum Gasteiger partial charge on any atom is 0.263 e. The van der Waals surface area contributed by atoms with Gasteiger partial charge in [-0.3, -0.25) is 0 Å². The molecule has 23 heavy (non-hydrogen) atoms. The molecule has 2 aromatic carbocycles. The fourth-order valence-corrected chi connectivity index (χ4v) is 2.70. The molecule has 1 aliphatic rings. The van der Waals surface area contributed by atoms with Crippen LogP contribution in [0.5, 0.6) is 0 Å². The van der Waals surface area contributed by atoms with Crippen molar-refractivity contribution in [3.8, 4) is 6.07 Å². The quantitative estimate of drug-likeness (QED) is 0.820. The van der Waals surface area contributed by atoms with Crippen LogP contribution in [0.15, 0.2) is 64.6 Å². The predicted octanol–water partition coefficient (Wildman–Crippen LogP) is 4.08. The average Bonchev–Trinajstić information content (AvgIpc) is 3.06. The molecule has 2 aromatic rings. The van der Waals surface area contributed by atoms with Crippen molar-refractivity contribution < 1.29 is 0 Å². The Morgan fingerprint density at radius 1 is 0.957 bits per heavy atom. The Labute approximate surface area is 137 Å². The summed E-state index contributed by atoms with van der Waals surface area (Å²) < 4.78 is 0. The number of rotatable bonds is 5. The van der Waals surface area contributed by atoms with Gasteiger partial charge >= 0.3 is 0 Å². The molecule has 114 valence electrons. The second kappa shape index (κ2) is 6.58. The molecular weight excluding hydrogens is 282 g/mol. The van der Waals surface area contributed by atoms with Crippen LogP contribution in [0.1, 0.15) is 30.0 Å². The topological polar surface area (TPSA) is 48.5 Å². The Balaban J connectivity index is 1.72. The lowest BCUT2D eigenvalue weighted by Gasteiger charge is -2.14. The molecule has 0 fully saturated rings. The van der Waals surface area contributed by atoms with E-state index in [-0.39, 0.29) is 0 Å². The van der Waals surface area contributed by atoms with Crippen molar-refractivity contribution in [2.45, 2.75) is 31.8 Å². The van der Waals surface area contributed by atoms with Crippen molar-refractivity contribution >= 4 is 11.9 Å². The summed E-state index contributed by atoms with van der Waals surface area (Å²) in [6, 6.07) is 20.5. The van der Waals surface area contributed by atoms with E-state index in [1.807, 2.05) is 30.3 Å². The number of hydrogen-bond acceptors (Lipinski definition) is 3. The van der Waals surface area contributed by atoms with Crippen LogP contribution in [-0.2, 0) is 18.5 Å². The van der Waals surface area contributed by atoms with Crippen molar-refractivity contribution in [3.63, 3.8) is 0 Å². The molecule has 0 saturated carbocycles. The van der Waals surface area contributed by atoms with Gasteiger partial charge in [0, 0.05) is 11.8 Å². The second-order valence-corrected chi connectivity index (χ2v) is 5.68. The van der Waals surface area contributed by atoms with Gasteiger partial charge in [-0.2, -0.15) is 5.26 Å². The Kier molecular flexibility index (Phi) is 4.34. The first kappa shape index (κ1) is 15.2. The summed E-state index contributed by atoms with van der Waals surface area (Å²) in [5.41, 5.74) is 3.24. The maximum atomic E-state index is 9.56. The lowest BCUT2D eigenvalue weighted by Crippen LogP contribution is -2.16. The Hall–Kier alpha value is -2.73. The molecule has 0 N–H and O–H groups in total. The molecule has 3 rings (SSSR count). The molecule has 3 heteroatoms. The number of nitriles is 1. The summed E-state index contributed by atoms with van der Waals surface area (Å²) in [6.45, 7) is 2.16. The fourth-order valence-electron chi connectivity index (χ4n) is 2.70. The van der Waals surface area contributed by atoms with Crippen LogP contribution >= 0.6 is 0 Å². The summed E-state index contributed by atoms with van der Waals surface area (Å²) in [4.78, 5) is 8.98. The van der Waals surface area contributed by atoms with Crippen LogP contribution in [0.25, 0.3) is 0 Å². The molecule has 3 nitrogen and oxygen atoms in total. The van der Waals surface area contributed by atoms with Gasteiger partial charge in [0.25, 0.3) is 5.66 Å². The normalized spacial score (nSPS) is 19.4. The van der Waals surface area contributed by atoms with Gasteiger partial charge in [0.1, 0.15) is 6.07 Å². The van der Waals surface area contributed by atoms with Gasteiger partial charge in [0.15, 0.2) is 0 Å². The van der Waals surface area contributed by atoms with Crippen LogP contribution in [0, 0.1) is 11.3 Å². The fraction of sp³-hybridized carbons (Fsp3) is 0.250. The minimum absolute atomic E-state index is 0.797. The van der Waals surface area contributed by atoms with Crippen LogP contribution in [0.2, 0.25) is 0 Å². The first-order valence-corrected chi connectivity index (χ1v) is 7.94. The minimum atomic E-state index is -1.09. The highest BCUT2D eigenvalue weighted by atomic mass is 15.1. The van der Waals surface area contributed by atoms with Gasteiger partial charge in [-0.05, 0) is 30.4 Å². The van der Waals surface area contributed by atoms with E-state index in [0.717, 1.165) is 30.5 Å². The van der Waals surface area contributed by atoms with Crippen molar-refractivity contribution in [3.05, 3.63) is 71.3 Å². The van der Waals surface area contributed by atoms with E-state index >= 15 is 0 Å². The van der Waals surface area contributed by atoms with E-state index < -0.39 is 5.66 Å². The van der Waals surface area contributed by atoms with Crippen LogP contribution in [0.3, 0.4) is 0 Å². The smallest absolute Gasteiger partial charge is 0.243 e. The molecule has 1 atom stereocenters. The summed E-state index contributed by atoms with van der Waals surface area (Å²) in [7, 11) is 0. The Bertz CT molecular complexity index is 767. The molecular formula is C20H19N3. The Morgan fingerprint density at radius 3 is 2.30 bits per heavy atom. The monoisotopic (exact) mass is 301 g/mol. The number of benzene rings is 2. The summed E-state index contributed by atoms with van der Waals surface area (Å²) in [6.07, 6.45) is 4.51. The molecule has 0 saturated heterocycles. The highest BCUT2D eigenvalue weighted by Crippen LogP contribution is 2.30. The zero-order valence-corrected chi connectivity index (χ0v) is 13.2. The van der Waals surface area contributed by atoms with E-state index in [4.69, 9.17) is 0 Å². The molecule has 1 aliphatic heterocycles. The predicted molar refractivity (Wildman–Crippen MR) is 93.8 cm³/mol. The second-order valence-electron chi connectivity index (χ2n) is 5.68. The zero-order valence-electron chi connectivity index (χ0n) is 13.2. The Morgan fingerprint density at radius 2 is 1.65 bits per heavy atom. The molecule has 1 unspecified atom stereocenters. The molecule has 0 aliphatic carbocycles. The minimum Gasteiger partial charge on any atom is -0.243 e. The van der Waals surface area contributed by atoms with Gasteiger partial charge in [0.2, 0.25) is 0 Å². The number of hydrogen-bond donors (Lipinski definition) is 0. The van der Waals surface area contributed by atoms with E-state index in [9.17, 15) is 5.26 Å². The highest BCUT2D eigenvalue weighted by Gasteiger charge is 2.34. The molecule has 1 heterocycles. The van der Waals surface area contributed by atoms with E-state index in [1.54, 1.807) is 6.21 Å². The molecule has 0 bridgehead atoms. The number of aliphatic imine (C=N–C) groups is 2. The molecule has 0 aromatic heterocycles. The third-order valence-corrected chi connectivity index (χ3v) is 4.14. The van der Waals surface area contributed by atoms with Gasteiger partial charge in [0.05, 0.1) is 5.71 Å². The van der Waals surface area contributed by atoms with Crippen molar-refractivity contribution in [1.82, 2.24) is 0 Å². The van der Waals surface area contributed by atoms with Crippen molar-refractivity contribution in [2.24, 2.45) is 9.98 Å².